The molecule has 0 bridgehead atoms. The molecule has 1 rings (SSSR count). The summed E-state index contributed by atoms with van der Waals surface area (Å²) in [6, 6.07) is 1.75. The maximum Gasteiger partial charge on any atom is 0.317 e. The normalized spacial score (nSPS) is 9.33. The van der Waals surface area contributed by atoms with E-state index in [0.29, 0.717) is 6.07 Å². The van der Waals surface area contributed by atoms with Gasteiger partial charge in [0.2, 0.25) is 0 Å². The second-order valence-electron chi connectivity index (χ2n) is 3.25. The molecular formula is C13H12F2O3. The van der Waals surface area contributed by atoms with E-state index in [2.05, 4.69) is 16.6 Å². The Labute approximate surface area is 104 Å². The van der Waals surface area contributed by atoms with Crippen LogP contribution >= 0.6 is 0 Å². The lowest BCUT2D eigenvalue weighted by molar-refractivity contribution is -0.141. The molecule has 0 atom stereocenters. The van der Waals surface area contributed by atoms with Crippen molar-refractivity contribution in [2.75, 3.05) is 13.7 Å². The zero-order valence-electron chi connectivity index (χ0n) is 10.0. The van der Waals surface area contributed by atoms with Gasteiger partial charge >= 0.3 is 5.97 Å². The Morgan fingerprint density at radius 1 is 1.39 bits per heavy atom. The SMILES string of the molecule is CCOC(=O)CC#Cc1cc(F)cc(F)c1OC. The summed E-state index contributed by atoms with van der Waals surface area (Å²) in [5.41, 5.74) is 0.0549. The lowest BCUT2D eigenvalue weighted by atomic mass is 10.2. The van der Waals surface area contributed by atoms with Crippen LogP contribution in [0.2, 0.25) is 0 Å². The summed E-state index contributed by atoms with van der Waals surface area (Å²) in [7, 11) is 1.26. The molecule has 18 heavy (non-hydrogen) atoms. The van der Waals surface area contributed by atoms with Crippen molar-refractivity contribution in [1.29, 1.82) is 0 Å². The highest BCUT2D eigenvalue weighted by Crippen LogP contribution is 2.22. The number of methoxy groups -OCH3 is 1. The molecule has 0 radical (unpaired) electrons. The quantitative estimate of drug-likeness (QED) is 0.613. The molecule has 1 aromatic carbocycles. The van der Waals surface area contributed by atoms with Crippen molar-refractivity contribution < 1.29 is 23.0 Å². The summed E-state index contributed by atoms with van der Waals surface area (Å²) in [4.78, 5) is 11.0. The van der Waals surface area contributed by atoms with Gasteiger partial charge in [-0.3, -0.25) is 4.79 Å². The molecule has 0 saturated carbocycles. The number of hydrogen-bond donors (Lipinski definition) is 0. The third-order valence-corrected chi connectivity index (χ3v) is 1.97. The van der Waals surface area contributed by atoms with E-state index in [4.69, 9.17) is 4.74 Å². The van der Waals surface area contributed by atoms with Crippen LogP contribution in [-0.2, 0) is 9.53 Å². The molecule has 0 spiro atoms. The molecule has 3 nitrogen and oxygen atoms in total. The fourth-order valence-corrected chi connectivity index (χ4v) is 1.28. The van der Waals surface area contributed by atoms with E-state index in [0.717, 1.165) is 6.07 Å². The van der Waals surface area contributed by atoms with Crippen molar-refractivity contribution >= 4 is 5.97 Å². The predicted molar refractivity (Wildman–Crippen MR) is 61.0 cm³/mol. The third-order valence-electron chi connectivity index (χ3n) is 1.97. The standard InChI is InChI=1S/C13H12F2O3/c1-3-18-12(16)6-4-5-9-7-10(14)8-11(15)13(9)17-2/h7-8H,3,6H2,1-2H3. The second kappa shape index (κ2) is 6.60. The number of halogens is 2. The van der Waals surface area contributed by atoms with Crippen molar-refractivity contribution in [3.8, 4) is 17.6 Å². The Hall–Kier alpha value is -2.09. The summed E-state index contributed by atoms with van der Waals surface area (Å²) in [6.07, 6.45) is -0.144. The molecule has 0 N–H and O–H groups in total. The number of esters is 1. The molecule has 1 aromatic rings. The van der Waals surface area contributed by atoms with Gasteiger partial charge in [-0.15, -0.1) is 0 Å². The molecule has 5 heteroatoms. The Kier molecular flexibility index (Phi) is 5.12. The van der Waals surface area contributed by atoms with Crippen LogP contribution in [0.15, 0.2) is 12.1 Å². The van der Waals surface area contributed by atoms with Crippen LogP contribution in [0, 0.1) is 23.5 Å². The zero-order valence-corrected chi connectivity index (χ0v) is 10.0. The molecular weight excluding hydrogens is 242 g/mol. The first kappa shape index (κ1) is 14.0. The van der Waals surface area contributed by atoms with Crippen LogP contribution < -0.4 is 4.74 Å². The van der Waals surface area contributed by atoms with Crippen LogP contribution in [0.5, 0.6) is 5.75 Å². The number of ether oxygens (including phenoxy) is 2. The molecule has 96 valence electrons. The largest absolute Gasteiger partial charge is 0.492 e. The van der Waals surface area contributed by atoms with Gasteiger partial charge in [0.1, 0.15) is 12.2 Å². The van der Waals surface area contributed by atoms with E-state index in [-0.39, 0.29) is 24.3 Å². The molecule has 0 aliphatic rings. The minimum atomic E-state index is -0.835. The molecule has 0 fully saturated rings. The van der Waals surface area contributed by atoms with Crippen molar-refractivity contribution in [3.63, 3.8) is 0 Å². The molecule has 0 unspecified atom stereocenters. The first-order valence-electron chi connectivity index (χ1n) is 5.26. The van der Waals surface area contributed by atoms with Gasteiger partial charge in [0, 0.05) is 6.07 Å². The molecule has 0 heterocycles. The molecule has 0 amide bonds. The van der Waals surface area contributed by atoms with E-state index in [1.807, 2.05) is 0 Å². The maximum absolute atomic E-state index is 13.3. The highest BCUT2D eigenvalue weighted by molar-refractivity contribution is 5.72. The van der Waals surface area contributed by atoms with E-state index in [1.54, 1.807) is 6.92 Å². The van der Waals surface area contributed by atoms with Crippen LogP contribution in [0.3, 0.4) is 0 Å². The Morgan fingerprint density at radius 2 is 2.11 bits per heavy atom. The number of carbonyl (C=O) groups is 1. The van der Waals surface area contributed by atoms with Crippen molar-refractivity contribution in [1.82, 2.24) is 0 Å². The number of carbonyl (C=O) groups excluding carboxylic acids is 1. The lowest BCUT2D eigenvalue weighted by Crippen LogP contribution is -2.01. The van der Waals surface area contributed by atoms with Crippen LogP contribution in [-0.4, -0.2) is 19.7 Å². The molecule has 0 aliphatic heterocycles. The van der Waals surface area contributed by atoms with E-state index < -0.39 is 17.6 Å². The summed E-state index contributed by atoms with van der Waals surface area (Å²) in [5, 5.41) is 0. The summed E-state index contributed by atoms with van der Waals surface area (Å²) in [6.45, 7) is 1.94. The van der Waals surface area contributed by atoms with Gasteiger partial charge in [-0.05, 0) is 13.0 Å². The van der Waals surface area contributed by atoms with Gasteiger partial charge in [0.05, 0.1) is 19.3 Å². The molecule has 0 aliphatic carbocycles. The highest BCUT2D eigenvalue weighted by atomic mass is 19.1. The van der Waals surface area contributed by atoms with Crippen molar-refractivity contribution in [3.05, 3.63) is 29.3 Å². The predicted octanol–water partition coefficient (Wildman–Crippen LogP) is 2.28. The first-order chi connectivity index (χ1) is 8.58. The van der Waals surface area contributed by atoms with E-state index in [1.165, 1.54) is 7.11 Å². The first-order valence-corrected chi connectivity index (χ1v) is 5.26. The Morgan fingerprint density at radius 3 is 2.72 bits per heavy atom. The highest BCUT2D eigenvalue weighted by Gasteiger charge is 2.10. The van der Waals surface area contributed by atoms with E-state index in [9.17, 15) is 13.6 Å². The molecule has 0 saturated heterocycles. The van der Waals surface area contributed by atoms with E-state index >= 15 is 0 Å². The van der Waals surface area contributed by atoms with Gasteiger partial charge < -0.3 is 9.47 Å². The number of hydrogen-bond acceptors (Lipinski definition) is 3. The third kappa shape index (κ3) is 3.74. The average Bonchev–Trinajstić information content (AvgIpc) is 2.28. The summed E-state index contributed by atoms with van der Waals surface area (Å²) >= 11 is 0. The van der Waals surface area contributed by atoms with Gasteiger partial charge in [0.15, 0.2) is 11.6 Å². The van der Waals surface area contributed by atoms with Crippen molar-refractivity contribution in [2.24, 2.45) is 0 Å². The number of rotatable bonds is 3. The summed E-state index contributed by atoms with van der Waals surface area (Å²) in [5.74, 6) is 2.73. The average molecular weight is 254 g/mol. The second-order valence-corrected chi connectivity index (χ2v) is 3.25. The van der Waals surface area contributed by atoms with Gasteiger partial charge in [-0.25, -0.2) is 8.78 Å². The zero-order chi connectivity index (χ0) is 13.5. The fraction of sp³-hybridized carbons (Fsp3) is 0.308. The summed E-state index contributed by atoms with van der Waals surface area (Å²) < 4.78 is 35.7. The van der Waals surface area contributed by atoms with Gasteiger partial charge in [-0.1, -0.05) is 11.8 Å². The van der Waals surface area contributed by atoms with Gasteiger partial charge in [-0.2, -0.15) is 0 Å². The monoisotopic (exact) mass is 254 g/mol. The minimum absolute atomic E-state index is 0.0549. The number of benzene rings is 1. The molecule has 0 aromatic heterocycles. The lowest BCUT2D eigenvalue weighted by Gasteiger charge is -2.04. The fourth-order valence-electron chi connectivity index (χ4n) is 1.28. The van der Waals surface area contributed by atoms with Crippen LogP contribution in [0.1, 0.15) is 18.9 Å². The van der Waals surface area contributed by atoms with Crippen LogP contribution in [0.25, 0.3) is 0 Å². The van der Waals surface area contributed by atoms with Crippen LogP contribution in [0.4, 0.5) is 8.78 Å². The Bertz CT molecular complexity index is 501. The van der Waals surface area contributed by atoms with Gasteiger partial charge in [0.25, 0.3) is 0 Å². The topological polar surface area (TPSA) is 35.5 Å². The maximum atomic E-state index is 13.3. The minimum Gasteiger partial charge on any atom is -0.492 e. The van der Waals surface area contributed by atoms with Crippen molar-refractivity contribution in [2.45, 2.75) is 13.3 Å². The Balaban J connectivity index is 2.90. The smallest absolute Gasteiger partial charge is 0.317 e.